The third kappa shape index (κ3) is 3.70. The molecule has 78 valence electrons. The molecule has 0 aromatic carbocycles. The lowest BCUT2D eigenvalue weighted by molar-refractivity contribution is -0.138. The van der Waals surface area contributed by atoms with Gasteiger partial charge in [0.15, 0.2) is 0 Å². The molecular weight excluding hydrogens is 180 g/mol. The van der Waals surface area contributed by atoms with E-state index in [0.29, 0.717) is 6.54 Å². The highest BCUT2D eigenvalue weighted by Crippen LogP contribution is 2.07. The summed E-state index contributed by atoms with van der Waals surface area (Å²) in [6.07, 6.45) is 4.98. The molecule has 0 radical (unpaired) electrons. The van der Waals surface area contributed by atoms with E-state index >= 15 is 0 Å². The van der Waals surface area contributed by atoms with E-state index in [-0.39, 0.29) is 12.6 Å². The minimum absolute atomic E-state index is 0.0782. The molecule has 0 aromatic heterocycles. The second-order valence-corrected chi connectivity index (χ2v) is 3.65. The number of hydrogen-bond donors (Lipinski definition) is 1. The van der Waals surface area contributed by atoms with Gasteiger partial charge in [0.1, 0.15) is 0 Å². The molecule has 0 fully saturated rings. The van der Waals surface area contributed by atoms with Gasteiger partial charge < -0.3 is 5.11 Å². The lowest BCUT2D eigenvalue weighted by Gasteiger charge is -2.20. The fraction of sp³-hybridized carbons (Fsp3) is 0.600. The number of aliphatic carboxylic acids is 1. The first kappa shape index (κ1) is 10.9. The van der Waals surface area contributed by atoms with Gasteiger partial charge in [0.25, 0.3) is 0 Å². The summed E-state index contributed by atoms with van der Waals surface area (Å²) in [7, 11) is 1.80. The molecule has 0 saturated heterocycles. The molecule has 1 atom stereocenters. The third-order valence-electron chi connectivity index (χ3n) is 2.08. The summed E-state index contributed by atoms with van der Waals surface area (Å²) in [5, 5.41) is 8.57. The maximum atomic E-state index is 10.4. The van der Waals surface area contributed by atoms with E-state index in [1.54, 1.807) is 11.9 Å². The van der Waals surface area contributed by atoms with Gasteiger partial charge in [-0.1, -0.05) is 6.08 Å². The number of allylic oxidation sites excluding steroid dienone is 1. The summed E-state index contributed by atoms with van der Waals surface area (Å²) < 4.78 is 0. The maximum absolute atomic E-state index is 10.4. The number of hydrogen-bond acceptors (Lipinski definition) is 3. The number of carboxylic acids is 1. The highest BCUT2D eigenvalue weighted by Gasteiger charge is 2.13. The normalized spacial score (nSPS) is 21.1. The molecule has 0 saturated carbocycles. The van der Waals surface area contributed by atoms with Crippen molar-refractivity contribution in [2.24, 2.45) is 4.99 Å². The van der Waals surface area contributed by atoms with Crippen LogP contribution in [0, 0.1) is 0 Å². The smallest absolute Gasteiger partial charge is 0.317 e. The molecule has 1 unspecified atom stereocenters. The van der Waals surface area contributed by atoms with E-state index in [2.05, 4.69) is 11.1 Å². The van der Waals surface area contributed by atoms with Crippen LogP contribution in [-0.2, 0) is 4.79 Å². The molecule has 1 rings (SSSR count). The number of carboxylic acid groups (broad SMARTS) is 1. The van der Waals surface area contributed by atoms with Gasteiger partial charge in [-0.05, 0) is 26.5 Å². The van der Waals surface area contributed by atoms with Gasteiger partial charge in [-0.2, -0.15) is 0 Å². The molecule has 1 aliphatic rings. The highest BCUT2D eigenvalue weighted by molar-refractivity contribution is 5.93. The molecule has 4 nitrogen and oxygen atoms in total. The first-order valence-electron chi connectivity index (χ1n) is 4.69. The van der Waals surface area contributed by atoms with E-state index in [1.807, 2.05) is 13.0 Å². The standard InChI is InChI=1S/C10H16N2O2/c1-8-4-3-5-9(11-8)6-12(2)7-10(13)14/h3-4,9H,5-7H2,1-2H3,(H,13,14). The van der Waals surface area contributed by atoms with Crippen LogP contribution in [0.15, 0.2) is 17.1 Å². The van der Waals surface area contributed by atoms with Crippen LogP contribution in [0.25, 0.3) is 0 Å². The van der Waals surface area contributed by atoms with Gasteiger partial charge in [-0.15, -0.1) is 0 Å². The molecule has 1 heterocycles. The van der Waals surface area contributed by atoms with E-state index < -0.39 is 5.97 Å². The summed E-state index contributed by atoms with van der Waals surface area (Å²) in [4.78, 5) is 16.6. The SMILES string of the molecule is CC1=NC(CN(C)CC(=O)O)CC=C1. The van der Waals surface area contributed by atoms with Crippen molar-refractivity contribution in [3.8, 4) is 0 Å². The van der Waals surface area contributed by atoms with E-state index in [4.69, 9.17) is 5.11 Å². The number of nitrogens with zero attached hydrogens (tertiary/aromatic N) is 2. The van der Waals surface area contributed by atoms with Gasteiger partial charge in [0.2, 0.25) is 0 Å². The van der Waals surface area contributed by atoms with Crippen molar-refractivity contribution in [1.82, 2.24) is 4.90 Å². The zero-order valence-electron chi connectivity index (χ0n) is 8.60. The second-order valence-electron chi connectivity index (χ2n) is 3.65. The molecule has 1 aliphatic heterocycles. The molecule has 0 aliphatic carbocycles. The van der Waals surface area contributed by atoms with E-state index in [0.717, 1.165) is 12.1 Å². The average molecular weight is 196 g/mol. The largest absolute Gasteiger partial charge is 0.480 e. The van der Waals surface area contributed by atoms with Gasteiger partial charge in [-0.25, -0.2) is 0 Å². The van der Waals surface area contributed by atoms with Gasteiger partial charge in [0, 0.05) is 12.3 Å². The number of dihydropyridines is 1. The van der Waals surface area contributed by atoms with Crippen LogP contribution in [0.5, 0.6) is 0 Å². The van der Waals surface area contributed by atoms with Crippen LogP contribution in [0.2, 0.25) is 0 Å². The summed E-state index contributed by atoms with van der Waals surface area (Å²) in [5.41, 5.74) is 1.02. The van der Waals surface area contributed by atoms with Crippen molar-refractivity contribution in [1.29, 1.82) is 0 Å². The Labute approximate surface area is 83.9 Å². The van der Waals surface area contributed by atoms with Gasteiger partial charge in [0.05, 0.1) is 12.6 Å². The molecule has 0 spiro atoms. The molecular formula is C10H16N2O2. The van der Waals surface area contributed by atoms with Crippen LogP contribution >= 0.6 is 0 Å². The molecule has 14 heavy (non-hydrogen) atoms. The van der Waals surface area contributed by atoms with Crippen LogP contribution in [-0.4, -0.2) is 47.9 Å². The van der Waals surface area contributed by atoms with Crippen molar-refractivity contribution in [3.63, 3.8) is 0 Å². The van der Waals surface area contributed by atoms with Crippen molar-refractivity contribution >= 4 is 11.7 Å². The van der Waals surface area contributed by atoms with Crippen molar-refractivity contribution < 1.29 is 9.90 Å². The maximum Gasteiger partial charge on any atom is 0.317 e. The Bertz CT molecular complexity index is 271. The molecule has 1 N–H and O–H groups in total. The number of likely N-dealkylation sites (N-methyl/N-ethyl adjacent to an activating group) is 1. The molecule has 0 amide bonds. The topological polar surface area (TPSA) is 52.9 Å². The monoisotopic (exact) mass is 196 g/mol. The lowest BCUT2D eigenvalue weighted by Crippen LogP contribution is -2.33. The lowest BCUT2D eigenvalue weighted by atomic mass is 10.1. The fourth-order valence-electron chi connectivity index (χ4n) is 1.55. The molecule has 0 bridgehead atoms. The van der Waals surface area contributed by atoms with Crippen molar-refractivity contribution in [2.45, 2.75) is 19.4 Å². The van der Waals surface area contributed by atoms with Crippen LogP contribution in [0.3, 0.4) is 0 Å². The van der Waals surface area contributed by atoms with Crippen LogP contribution in [0.4, 0.5) is 0 Å². The zero-order chi connectivity index (χ0) is 10.6. The van der Waals surface area contributed by atoms with E-state index in [1.165, 1.54) is 0 Å². The van der Waals surface area contributed by atoms with E-state index in [9.17, 15) is 4.79 Å². The number of carbonyl (C=O) groups is 1. The van der Waals surface area contributed by atoms with Crippen molar-refractivity contribution in [2.75, 3.05) is 20.1 Å². The predicted octanol–water partition coefficient (Wildman–Crippen LogP) is 0.792. The summed E-state index contributed by atoms with van der Waals surface area (Å²) in [6.45, 7) is 2.74. The quantitative estimate of drug-likeness (QED) is 0.723. The summed E-state index contributed by atoms with van der Waals surface area (Å²) >= 11 is 0. The predicted molar refractivity (Wildman–Crippen MR) is 55.8 cm³/mol. The second kappa shape index (κ2) is 4.91. The summed E-state index contributed by atoms with van der Waals surface area (Å²) in [5.74, 6) is -0.792. The Hall–Kier alpha value is -1.16. The van der Waals surface area contributed by atoms with Crippen LogP contribution in [0.1, 0.15) is 13.3 Å². The van der Waals surface area contributed by atoms with Gasteiger partial charge >= 0.3 is 5.97 Å². The molecule has 0 aromatic rings. The number of rotatable bonds is 4. The Morgan fingerprint density at radius 3 is 3.07 bits per heavy atom. The fourth-order valence-corrected chi connectivity index (χ4v) is 1.55. The zero-order valence-corrected chi connectivity index (χ0v) is 8.60. The summed E-state index contributed by atoms with van der Waals surface area (Å²) in [6, 6.07) is 0.212. The minimum atomic E-state index is -0.792. The Balaban J connectivity index is 2.37. The minimum Gasteiger partial charge on any atom is -0.480 e. The third-order valence-corrected chi connectivity index (χ3v) is 2.08. The van der Waals surface area contributed by atoms with Gasteiger partial charge in [-0.3, -0.25) is 14.7 Å². The first-order valence-corrected chi connectivity index (χ1v) is 4.69. The first-order chi connectivity index (χ1) is 6.58. The Morgan fingerprint density at radius 2 is 2.50 bits per heavy atom. The molecule has 4 heteroatoms. The highest BCUT2D eigenvalue weighted by atomic mass is 16.4. The van der Waals surface area contributed by atoms with Crippen molar-refractivity contribution in [3.05, 3.63) is 12.2 Å². The average Bonchev–Trinajstić information content (AvgIpc) is 2.01. The Morgan fingerprint density at radius 1 is 1.79 bits per heavy atom. The number of aliphatic imine (C=N–C) groups is 1. The Kier molecular flexibility index (Phi) is 3.83. The van der Waals surface area contributed by atoms with Crippen LogP contribution < -0.4 is 0 Å².